The van der Waals surface area contributed by atoms with Gasteiger partial charge in [0.2, 0.25) is 0 Å². The van der Waals surface area contributed by atoms with Crippen molar-refractivity contribution < 1.29 is 4.79 Å². The first-order valence-corrected chi connectivity index (χ1v) is 8.40. The normalized spacial score (nSPS) is 40.3. The lowest BCUT2D eigenvalue weighted by molar-refractivity contribution is -0.121. The third-order valence-corrected chi connectivity index (χ3v) is 6.78. The van der Waals surface area contributed by atoms with Gasteiger partial charge in [0.15, 0.2) is 0 Å². The van der Waals surface area contributed by atoms with E-state index >= 15 is 0 Å². The van der Waals surface area contributed by atoms with Crippen molar-refractivity contribution in [2.24, 2.45) is 23.2 Å². The number of Topliss-reactive ketones (excluding diaryl/α,β-unsaturated/α-hetero) is 1. The van der Waals surface area contributed by atoms with Crippen molar-refractivity contribution in [3.63, 3.8) is 0 Å². The predicted octanol–water partition coefficient (Wildman–Crippen LogP) is 4.36. The summed E-state index contributed by atoms with van der Waals surface area (Å²) in [6.45, 7) is 0. The quantitative estimate of drug-likeness (QED) is 0.636. The number of hydrogen-bond acceptors (Lipinski definition) is 1. The Kier molecular flexibility index (Phi) is 2.16. The zero-order valence-electron chi connectivity index (χ0n) is 12.0. The maximum absolute atomic E-state index is 11.9. The fourth-order valence-corrected chi connectivity index (χ4v) is 5.62. The molecule has 0 aromatic heterocycles. The van der Waals surface area contributed by atoms with Crippen LogP contribution in [0.3, 0.4) is 0 Å². The van der Waals surface area contributed by atoms with E-state index in [1.54, 1.807) is 16.7 Å². The Hall–Kier alpha value is -1.11. The summed E-state index contributed by atoms with van der Waals surface area (Å²) in [7, 11) is 0. The predicted molar refractivity (Wildman–Crippen MR) is 79.1 cm³/mol. The van der Waals surface area contributed by atoms with E-state index in [1.165, 1.54) is 32.1 Å². The van der Waals surface area contributed by atoms with E-state index in [0.29, 0.717) is 17.1 Å². The molecule has 0 bridgehead atoms. The molecule has 0 amide bonds. The van der Waals surface area contributed by atoms with Crippen molar-refractivity contribution in [3.8, 4) is 0 Å². The summed E-state index contributed by atoms with van der Waals surface area (Å²) in [5, 5.41) is 0. The SMILES string of the molecule is O=C1CCC2=C3C=CC4=CCCC4C3CC3(CC3)C2C1. The van der Waals surface area contributed by atoms with Crippen LogP contribution in [0.25, 0.3) is 0 Å². The standard InChI is InChI=1S/C19H22O/c20-13-5-7-16-15-6-4-12-2-1-3-14(12)17(15)11-19(8-9-19)18(16)10-13/h2,4,6,14,17-18H,1,3,5,7-11H2. The Morgan fingerprint density at radius 2 is 2.00 bits per heavy atom. The number of carbonyl (C=O) groups excluding carboxylic acids is 1. The van der Waals surface area contributed by atoms with Gasteiger partial charge in [0.1, 0.15) is 5.78 Å². The molecule has 0 heterocycles. The Morgan fingerprint density at radius 3 is 2.85 bits per heavy atom. The lowest BCUT2D eigenvalue weighted by Crippen LogP contribution is -2.37. The third-order valence-electron chi connectivity index (χ3n) is 6.78. The molecule has 0 aliphatic heterocycles. The molecule has 0 aromatic carbocycles. The average molecular weight is 266 g/mol. The van der Waals surface area contributed by atoms with E-state index in [0.717, 1.165) is 31.1 Å². The van der Waals surface area contributed by atoms with Gasteiger partial charge < -0.3 is 0 Å². The summed E-state index contributed by atoms with van der Waals surface area (Å²) < 4.78 is 0. The van der Waals surface area contributed by atoms with E-state index in [2.05, 4.69) is 18.2 Å². The lowest BCUT2D eigenvalue weighted by atomic mass is 9.58. The van der Waals surface area contributed by atoms with Gasteiger partial charge in [0.25, 0.3) is 0 Å². The van der Waals surface area contributed by atoms with Crippen LogP contribution in [0.2, 0.25) is 0 Å². The summed E-state index contributed by atoms with van der Waals surface area (Å²) in [4.78, 5) is 11.9. The highest BCUT2D eigenvalue weighted by atomic mass is 16.1. The summed E-state index contributed by atoms with van der Waals surface area (Å²) in [5.41, 5.74) is 5.50. The minimum atomic E-state index is 0.519. The highest BCUT2D eigenvalue weighted by Crippen LogP contribution is 2.67. The molecule has 1 nitrogen and oxygen atoms in total. The van der Waals surface area contributed by atoms with Crippen molar-refractivity contribution in [3.05, 3.63) is 34.9 Å². The summed E-state index contributed by atoms with van der Waals surface area (Å²) in [6.07, 6.45) is 16.8. The second-order valence-electron chi connectivity index (χ2n) is 7.67. The molecular weight excluding hydrogens is 244 g/mol. The molecule has 5 aliphatic rings. The van der Waals surface area contributed by atoms with Crippen LogP contribution < -0.4 is 0 Å². The molecule has 5 rings (SSSR count). The zero-order valence-corrected chi connectivity index (χ0v) is 12.0. The number of fused-ring (bicyclic) bond motifs is 5. The third kappa shape index (κ3) is 1.42. The highest BCUT2D eigenvalue weighted by molar-refractivity contribution is 5.81. The molecule has 5 aliphatic carbocycles. The van der Waals surface area contributed by atoms with Crippen LogP contribution in [0, 0.1) is 23.2 Å². The van der Waals surface area contributed by atoms with E-state index in [4.69, 9.17) is 0 Å². The van der Waals surface area contributed by atoms with Crippen molar-refractivity contribution >= 4 is 5.78 Å². The Bertz CT molecular complexity index is 585. The van der Waals surface area contributed by atoms with E-state index in [-0.39, 0.29) is 0 Å². The van der Waals surface area contributed by atoms with Gasteiger partial charge >= 0.3 is 0 Å². The van der Waals surface area contributed by atoms with Crippen LogP contribution in [0.5, 0.6) is 0 Å². The topological polar surface area (TPSA) is 17.1 Å². The molecule has 0 saturated heterocycles. The van der Waals surface area contributed by atoms with Gasteiger partial charge in [0.05, 0.1) is 0 Å². The fourth-order valence-electron chi connectivity index (χ4n) is 5.62. The largest absolute Gasteiger partial charge is 0.300 e. The molecule has 0 radical (unpaired) electrons. The first-order valence-electron chi connectivity index (χ1n) is 8.40. The summed E-state index contributed by atoms with van der Waals surface area (Å²) in [6, 6.07) is 0. The van der Waals surface area contributed by atoms with Crippen molar-refractivity contribution in [1.29, 1.82) is 0 Å². The number of rotatable bonds is 0. The summed E-state index contributed by atoms with van der Waals surface area (Å²) >= 11 is 0. The van der Waals surface area contributed by atoms with Crippen LogP contribution in [0.15, 0.2) is 34.9 Å². The minimum absolute atomic E-state index is 0.519. The molecule has 20 heavy (non-hydrogen) atoms. The second-order valence-corrected chi connectivity index (χ2v) is 7.67. The van der Waals surface area contributed by atoms with E-state index < -0.39 is 0 Å². The van der Waals surface area contributed by atoms with Crippen LogP contribution in [-0.2, 0) is 4.79 Å². The maximum atomic E-state index is 11.9. The molecule has 3 atom stereocenters. The van der Waals surface area contributed by atoms with Crippen LogP contribution in [0.4, 0.5) is 0 Å². The molecule has 3 unspecified atom stereocenters. The second kappa shape index (κ2) is 3.75. The number of carbonyl (C=O) groups is 1. The van der Waals surface area contributed by atoms with Gasteiger partial charge in [-0.25, -0.2) is 0 Å². The van der Waals surface area contributed by atoms with Crippen LogP contribution in [0.1, 0.15) is 51.4 Å². The molecule has 2 fully saturated rings. The van der Waals surface area contributed by atoms with Gasteiger partial charge in [-0.15, -0.1) is 0 Å². The van der Waals surface area contributed by atoms with E-state index in [1.807, 2.05) is 0 Å². The first kappa shape index (κ1) is 11.5. The Morgan fingerprint density at radius 1 is 1.10 bits per heavy atom. The van der Waals surface area contributed by atoms with Crippen LogP contribution >= 0.6 is 0 Å². The smallest absolute Gasteiger partial charge is 0.133 e. The van der Waals surface area contributed by atoms with Gasteiger partial charge in [-0.1, -0.05) is 23.8 Å². The molecule has 1 heteroatoms. The fraction of sp³-hybridized carbons (Fsp3) is 0.632. The maximum Gasteiger partial charge on any atom is 0.133 e. The average Bonchev–Trinajstić information content (AvgIpc) is 3.05. The Labute approximate surface area is 120 Å². The molecular formula is C19H22O. The van der Waals surface area contributed by atoms with Crippen molar-refractivity contribution in [2.45, 2.75) is 51.4 Å². The Balaban J connectivity index is 1.64. The van der Waals surface area contributed by atoms with E-state index in [9.17, 15) is 4.79 Å². The number of hydrogen-bond donors (Lipinski definition) is 0. The molecule has 104 valence electrons. The molecule has 1 spiro atoms. The van der Waals surface area contributed by atoms with Gasteiger partial charge in [0, 0.05) is 12.8 Å². The lowest BCUT2D eigenvalue weighted by Gasteiger charge is -2.45. The molecule has 2 saturated carbocycles. The monoisotopic (exact) mass is 266 g/mol. The number of ketones is 1. The van der Waals surface area contributed by atoms with Crippen molar-refractivity contribution in [1.82, 2.24) is 0 Å². The molecule has 0 aromatic rings. The minimum Gasteiger partial charge on any atom is -0.300 e. The van der Waals surface area contributed by atoms with Gasteiger partial charge in [-0.3, -0.25) is 4.79 Å². The van der Waals surface area contributed by atoms with Crippen LogP contribution in [-0.4, -0.2) is 5.78 Å². The number of allylic oxidation sites excluding steroid dienone is 6. The highest BCUT2D eigenvalue weighted by Gasteiger charge is 2.57. The van der Waals surface area contributed by atoms with Gasteiger partial charge in [-0.05, 0) is 72.8 Å². The summed E-state index contributed by atoms with van der Waals surface area (Å²) in [5.74, 6) is 2.73. The first-order chi connectivity index (χ1) is 9.77. The zero-order chi connectivity index (χ0) is 13.3. The van der Waals surface area contributed by atoms with Crippen molar-refractivity contribution in [2.75, 3.05) is 0 Å². The van der Waals surface area contributed by atoms with Gasteiger partial charge in [-0.2, -0.15) is 0 Å². The molecule has 0 N–H and O–H groups in total.